The highest BCUT2D eigenvalue weighted by Gasteiger charge is 2.19. The number of nitrogens with zero attached hydrogens (tertiary/aromatic N) is 3. The molecule has 25 heavy (non-hydrogen) atoms. The van der Waals surface area contributed by atoms with Gasteiger partial charge in [-0.1, -0.05) is 25.9 Å². The van der Waals surface area contributed by atoms with Crippen LogP contribution < -0.4 is 10.6 Å². The molecule has 6 nitrogen and oxygen atoms in total. The average Bonchev–Trinajstić information content (AvgIpc) is 3.12. The minimum Gasteiger partial charge on any atom is -0.359 e. The van der Waals surface area contributed by atoms with Gasteiger partial charge in [-0.15, -0.1) is 0 Å². The van der Waals surface area contributed by atoms with Crippen molar-refractivity contribution in [2.45, 2.75) is 58.9 Å². The van der Waals surface area contributed by atoms with E-state index in [4.69, 9.17) is 4.52 Å². The van der Waals surface area contributed by atoms with Crippen molar-refractivity contribution in [3.63, 3.8) is 0 Å². The standard InChI is InChI=1S/C19H35N5O/c1-5-16(6-2)18-11-17(25-23-18)13-22-19(20-4)21-12-15-9-8-10-24(7-3)14-15/h11,15-16H,5-10,12-14H2,1-4H3,(H2,20,21,22). The molecule has 1 aromatic rings. The van der Waals surface area contributed by atoms with Crippen LogP contribution in [-0.2, 0) is 6.54 Å². The van der Waals surface area contributed by atoms with Gasteiger partial charge in [0.2, 0.25) is 0 Å². The SMILES string of the molecule is CCC(CC)c1cc(CNC(=NC)NCC2CCCN(CC)C2)on1. The number of aliphatic imine (C=N–C) groups is 1. The van der Waals surface area contributed by atoms with Crippen molar-refractivity contribution in [1.82, 2.24) is 20.7 Å². The van der Waals surface area contributed by atoms with E-state index in [0.29, 0.717) is 18.4 Å². The van der Waals surface area contributed by atoms with Gasteiger partial charge in [-0.05, 0) is 44.7 Å². The zero-order valence-electron chi connectivity index (χ0n) is 16.3. The van der Waals surface area contributed by atoms with Crippen LogP contribution >= 0.6 is 0 Å². The minimum atomic E-state index is 0.489. The molecule has 0 amide bonds. The Morgan fingerprint density at radius 3 is 2.84 bits per heavy atom. The summed E-state index contributed by atoms with van der Waals surface area (Å²) in [5, 5.41) is 11.0. The lowest BCUT2D eigenvalue weighted by atomic mass is 9.98. The molecule has 6 heteroatoms. The van der Waals surface area contributed by atoms with Crippen molar-refractivity contribution >= 4 is 5.96 Å². The maximum atomic E-state index is 5.47. The van der Waals surface area contributed by atoms with Gasteiger partial charge >= 0.3 is 0 Å². The number of rotatable bonds is 8. The molecule has 1 aliphatic rings. The van der Waals surface area contributed by atoms with Crippen LogP contribution in [0.2, 0.25) is 0 Å². The first-order chi connectivity index (χ1) is 12.2. The lowest BCUT2D eigenvalue weighted by molar-refractivity contribution is 0.183. The summed E-state index contributed by atoms with van der Waals surface area (Å²) in [6.45, 7) is 11.8. The highest BCUT2D eigenvalue weighted by Crippen LogP contribution is 2.22. The van der Waals surface area contributed by atoms with Crippen molar-refractivity contribution < 1.29 is 4.52 Å². The Kier molecular flexibility index (Phi) is 8.25. The van der Waals surface area contributed by atoms with E-state index in [9.17, 15) is 0 Å². The minimum absolute atomic E-state index is 0.489. The van der Waals surface area contributed by atoms with E-state index in [1.807, 2.05) is 7.05 Å². The van der Waals surface area contributed by atoms with E-state index in [2.05, 4.69) is 52.5 Å². The molecule has 0 bridgehead atoms. The molecule has 1 fully saturated rings. The summed E-state index contributed by atoms with van der Waals surface area (Å²) < 4.78 is 5.47. The maximum Gasteiger partial charge on any atom is 0.191 e. The lowest BCUT2D eigenvalue weighted by Gasteiger charge is -2.32. The van der Waals surface area contributed by atoms with E-state index in [1.165, 1.54) is 25.9 Å². The second-order valence-corrected chi connectivity index (χ2v) is 6.94. The van der Waals surface area contributed by atoms with Crippen molar-refractivity contribution in [2.24, 2.45) is 10.9 Å². The molecular formula is C19H35N5O. The molecule has 0 spiro atoms. The highest BCUT2D eigenvalue weighted by molar-refractivity contribution is 5.79. The Hall–Kier alpha value is -1.56. The molecule has 1 aromatic heterocycles. The summed E-state index contributed by atoms with van der Waals surface area (Å²) >= 11 is 0. The second kappa shape index (κ2) is 10.4. The number of nitrogens with one attached hydrogen (secondary N) is 2. The normalized spacial score (nSPS) is 19.4. The second-order valence-electron chi connectivity index (χ2n) is 6.94. The van der Waals surface area contributed by atoms with Gasteiger partial charge in [-0.2, -0.15) is 0 Å². The largest absolute Gasteiger partial charge is 0.359 e. The first kappa shape index (κ1) is 19.8. The van der Waals surface area contributed by atoms with Crippen LogP contribution in [0.5, 0.6) is 0 Å². The van der Waals surface area contributed by atoms with E-state index in [0.717, 1.165) is 43.3 Å². The van der Waals surface area contributed by atoms with Gasteiger partial charge in [-0.25, -0.2) is 0 Å². The third kappa shape index (κ3) is 6.03. The first-order valence-electron chi connectivity index (χ1n) is 9.82. The molecule has 1 saturated heterocycles. The molecule has 2 rings (SSSR count). The van der Waals surface area contributed by atoms with Gasteiger partial charge in [0.1, 0.15) is 0 Å². The molecule has 2 N–H and O–H groups in total. The molecule has 0 radical (unpaired) electrons. The molecule has 2 heterocycles. The highest BCUT2D eigenvalue weighted by atomic mass is 16.5. The fourth-order valence-corrected chi connectivity index (χ4v) is 3.55. The van der Waals surface area contributed by atoms with Crippen LogP contribution in [0, 0.1) is 5.92 Å². The van der Waals surface area contributed by atoms with Gasteiger partial charge in [-0.3, -0.25) is 4.99 Å². The van der Waals surface area contributed by atoms with E-state index in [1.54, 1.807) is 0 Å². The predicted octanol–water partition coefficient (Wildman–Crippen LogP) is 2.98. The Morgan fingerprint density at radius 2 is 2.16 bits per heavy atom. The van der Waals surface area contributed by atoms with Gasteiger partial charge in [0.05, 0.1) is 12.2 Å². The Bertz CT molecular complexity index is 524. The molecule has 1 unspecified atom stereocenters. The van der Waals surface area contributed by atoms with Crippen molar-refractivity contribution in [3.05, 3.63) is 17.5 Å². The van der Waals surface area contributed by atoms with Gasteiger partial charge < -0.3 is 20.1 Å². The summed E-state index contributed by atoms with van der Waals surface area (Å²) in [6.07, 6.45) is 4.77. The molecular weight excluding hydrogens is 314 g/mol. The van der Waals surface area contributed by atoms with Crippen LogP contribution in [0.4, 0.5) is 0 Å². The van der Waals surface area contributed by atoms with Crippen molar-refractivity contribution in [1.29, 1.82) is 0 Å². The number of hydrogen-bond acceptors (Lipinski definition) is 4. The predicted molar refractivity (Wildman–Crippen MR) is 103 cm³/mol. The van der Waals surface area contributed by atoms with Crippen LogP contribution in [0.25, 0.3) is 0 Å². The Labute approximate surface area is 152 Å². The van der Waals surface area contributed by atoms with Crippen LogP contribution in [0.3, 0.4) is 0 Å². The van der Waals surface area contributed by atoms with Crippen molar-refractivity contribution in [3.8, 4) is 0 Å². The lowest BCUT2D eigenvalue weighted by Crippen LogP contribution is -2.44. The summed E-state index contributed by atoms with van der Waals surface area (Å²) in [5.74, 6) is 2.87. The fraction of sp³-hybridized carbons (Fsp3) is 0.789. The molecule has 142 valence electrons. The molecule has 0 aliphatic carbocycles. The molecule has 1 atom stereocenters. The topological polar surface area (TPSA) is 65.7 Å². The summed E-state index contributed by atoms with van der Waals surface area (Å²) in [5.41, 5.74) is 1.06. The zero-order chi connectivity index (χ0) is 18.1. The number of guanidine groups is 1. The number of hydrogen-bond donors (Lipinski definition) is 2. The molecule has 0 saturated carbocycles. The zero-order valence-corrected chi connectivity index (χ0v) is 16.3. The fourth-order valence-electron chi connectivity index (χ4n) is 3.55. The third-order valence-electron chi connectivity index (χ3n) is 5.24. The van der Waals surface area contributed by atoms with Gasteiger partial charge in [0.25, 0.3) is 0 Å². The Morgan fingerprint density at radius 1 is 1.36 bits per heavy atom. The molecule has 1 aliphatic heterocycles. The van der Waals surface area contributed by atoms with Gasteiger partial charge in [0.15, 0.2) is 11.7 Å². The van der Waals surface area contributed by atoms with E-state index >= 15 is 0 Å². The maximum absolute atomic E-state index is 5.47. The summed E-state index contributed by atoms with van der Waals surface area (Å²) in [6, 6.07) is 2.07. The quantitative estimate of drug-likeness (QED) is 0.558. The Balaban J connectivity index is 1.77. The molecule has 0 aromatic carbocycles. The van der Waals surface area contributed by atoms with E-state index < -0.39 is 0 Å². The average molecular weight is 350 g/mol. The van der Waals surface area contributed by atoms with Crippen molar-refractivity contribution in [2.75, 3.05) is 33.2 Å². The first-order valence-corrected chi connectivity index (χ1v) is 9.82. The number of likely N-dealkylation sites (tertiary alicyclic amines) is 1. The summed E-state index contributed by atoms with van der Waals surface area (Å²) in [7, 11) is 1.81. The van der Waals surface area contributed by atoms with Crippen LogP contribution in [-0.4, -0.2) is 49.2 Å². The van der Waals surface area contributed by atoms with Crippen LogP contribution in [0.1, 0.15) is 63.8 Å². The van der Waals surface area contributed by atoms with Gasteiger partial charge in [0, 0.05) is 32.1 Å². The van der Waals surface area contributed by atoms with E-state index in [-0.39, 0.29) is 0 Å². The van der Waals surface area contributed by atoms with Crippen LogP contribution in [0.15, 0.2) is 15.6 Å². The smallest absolute Gasteiger partial charge is 0.191 e. The summed E-state index contributed by atoms with van der Waals surface area (Å²) in [4.78, 5) is 6.85. The number of aromatic nitrogens is 1. The third-order valence-corrected chi connectivity index (χ3v) is 5.24. The monoisotopic (exact) mass is 349 g/mol. The number of piperidine rings is 1.